The molecule has 0 amide bonds. The molecule has 2 aliphatic rings. The Bertz CT molecular complexity index is 386. The molecule has 0 aromatic carbocycles. The van der Waals surface area contributed by atoms with Crippen LogP contribution in [0, 0.1) is 0 Å². The largest absolute Gasteiger partial charge is 0.314 e. The predicted octanol–water partition coefficient (Wildman–Crippen LogP) is 1.18. The summed E-state index contributed by atoms with van der Waals surface area (Å²) in [5, 5.41) is 7.95. The monoisotopic (exact) mass is 248 g/mol. The van der Waals surface area contributed by atoms with Crippen LogP contribution in [0.3, 0.4) is 0 Å². The smallest absolute Gasteiger partial charge is 0.0522 e. The van der Waals surface area contributed by atoms with E-state index >= 15 is 0 Å². The van der Waals surface area contributed by atoms with Gasteiger partial charge in [-0.05, 0) is 51.3 Å². The van der Waals surface area contributed by atoms with E-state index in [-0.39, 0.29) is 0 Å². The molecule has 4 nitrogen and oxygen atoms in total. The summed E-state index contributed by atoms with van der Waals surface area (Å²) in [6.45, 7) is 1.08. The second kappa shape index (κ2) is 5.02. The Kier molecular flexibility index (Phi) is 3.39. The molecule has 4 heteroatoms. The second-order valence-corrected chi connectivity index (χ2v) is 5.95. The molecule has 2 aliphatic heterocycles. The summed E-state index contributed by atoms with van der Waals surface area (Å²) in [5.41, 5.74) is 1.33. The number of nitrogens with one attached hydrogen (secondary N) is 1. The van der Waals surface area contributed by atoms with E-state index in [9.17, 15) is 0 Å². The number of aromatic nitrogens is 2. The maximum absolute atomic E-state index is 4.21. The molecule has 1 N–H and O–H groups in total. The van der Waals surface area contributed by atoms with E-state index in [1.165, 1.54) is 31.2 Å². The first-order valence-corrected chi connectivity index (χ1v) is 7.15. The van der Waals surface area contributed by atoms with Crippen LogP contribution in [0.1, 0.15) is 31.2 Å². The van der Waals surface area contributed by atoms with Gasteiger partial charge in [-0.15, -0.1) is 0 Å². The number of rotatable bonds is 4. The highest BCUT2D eigenvalue weighted by molar-refractivity contribution is 5.04. The third kappa shape index (κ3) is 2.45. The quantitative estimate of drug-likeness (QED) is 0.868. The molecule has 1 aromatic rings. The molecule has 1 aromatic heterocycles. The normalized spacial score (nSPS) is 32.0. The molecule has 2 saturated heterocycles. The fraction of sp³-hybridized carbons (Fsp3) is 0.786. The van der Waals surface area contributed by atoms with Gasteiger partial charge >= 0.3 is 0 Å². The highest BCUT2D eigenvalue weighted by atomic mass is 15.2. The molecule has 0 saturated carbocycles. The lowest BCUT2D eigenvalue weighted by Gasteiger charge is -2.36. The third-order valence-electron chi connectivity index (χ3n) is 4.70. The minimum Gasteiger partial charge on any atom is -0.314 e. The molecular weight excluding hydrogens is 224 g/mol. The molecule has 0 aliphatic carbocycles. The number of hydrogen-bond acceptors (Lipinski definition) is 3. The lowest BCUT2D eigenvalue weighted by atomic mass is 9.98. The van der Waals surface area contributed by atoms with Crippen LogP contribution in [0.2, 0.25) is 0 Å². The summed E-state index contributed by atoms with van der Waals surface area (Å²) >= 11 is 0. The average molecular weight is 248 g/mol. The summed E-state index contributed by atoms with van der Waals surface area (Å²) in [5.74, 6) is 0. The average Bonchev–Trinajstić information content (AvgIpc) is 2.82. The zero-order valence-electron chi connectivity index (χ0n) is 11.5. The number of piperidine rings is 1. The fourth-order valence-corrected chi connectivity index (χ4v) is 3.60. The maximum Gasteiger partial charge on any atom is 0.0522 e. The van der Waals surface area contributed by atoms with Crippen molar-refractivity contribution in [2.24, 2.45) is 7.05 Å². The summed E-state index contributed by atoms with van der Waals surface area (Å²) in [6, 6.07) is 2.40. The summed E-state index contributed by atoms with van der Waals surface area (Å²) in [7, 11) is 4.28. The van der Waals surface area contributed by atoms with Crippen molar-refractivity contribution in [1.29, 1.82) is 0 Å². The molecule has 0 spiro atoms. The van der Waals surface area contributed by atoms with E-state index in [4.69, 9.17) is 0 Å². The van der Waals surface area contributed by atoms with Crippen LogP contribution in [0.5, 0.6) is 0 Å². The lowest BCUT2D eigenvalue weighted by Crippen LogP contribution is -2.47. The Morgan fingerprint density at radius 2 is 2.00 bits per heavy atom. The zero-order valence-corrected chi connectivity index (χ0v) is 11.5. The first-order valence-electron chi connectivity index (χ1n) is 7.15. The molecule has 100 valence electrons. The van der Waals surface area contributed by atoms with Crippen LogP contribution in [0.4, 0.5) is 0 Å². The van der Waals surface area contributed by atoms with Crippen molar-refractivity contribution in [3.63, 3.8) is 0 Å². The van der Waals surface area contributed by atoms with Gasteiger partial charge < -0.3 is 10.2 Å². The van der Waals surface area contributed by atoms with Crippen molar-refractivity contribution >= 4 is 0 Å². The van der Waals surface area contributed by atoms with Gasteiger partial charge in [-0.1, -0.05) is 0 Å². The van der Waals surface area contributed by atoms with Gasteiger partial charge in [0.05, 0.1) is 6.20 Å². The van der Waals surface area contributed by atoms with Crippen molar-refractivity contribution in [1.82, 2.24) is 20.0 Å². The van der Waals surface area contributed by atoms with E-state index in [0.717, 1.165) is 31.1 Å². The molecule has 3 heterocycles. The molecular formula is C14H24N4. The predicted molar refractivity (Wildman–Crippen MR) is 72.5 cm³/mol. The van der Waals surface area contributed by atoms with Crippen LogP contribution in [-0.2, 0) is 13.5 Å². The summed E-state index contributed by atoms with van der Waals surface area (Å²) in [4.78, 5) is 2.60. The van der Waals surface area contributed by atoms with Gasteiger partial charge in [0.1, 0.15) is 0 Å². The van der Waals surface area contributed by atoms with Crippen molar-refractivity contribution in [3.05, 3.63) is 18.0 Å². The Balaban J connectivity index is 1.44. The van der Waals surface area contributed by atoms with E-state index in [1.54, 1.807) is 0 Å². The number of nitrogens with zero attached hydrogens (tertiary/aromatic N) is 3. The van der Waals surface area contributed by atoms with Crippen LogP contribution in [0.15, 0.2) is 12.4 Å². The third-order valence-corrected chi connectivity index (χ3v) is 4.70. The van der Waals surface area contributed by atoms with Crippen molar-refractivity contribution < 1.29 is 0 Å². The molecule has 2 fully saturated rings. The van der Waals surface area contributed by atoms with Crippen LogP contribution in [-0.4, -0.2) is 46.4 Å². The molecule has 2 unspecified atom stereocenters. The molecule has 18 heavy (non-hydrogen) atoms. The highest BCUT2D eigenvalue weighted by Crippen LogP contribution is 2.34. The Hall–Kier alpha value is -0.870. The first-order chi connectivity index (χ1) is 8.72. The van der Waals surface area contributed by atoms with Gasteiger partial charge in [-0.25, -0.2) is 0 Å². The van der Waals surface area contributed by atoms with E-state index in [1.807, 2.05) is 17.9 Å². The van der Waals surface area contributed by atoms with E-state index < -0.39 is 0 Å². The van der Waals surface area contributed by atoms with E-state index in [0.29, 0.717) is 0 Å². The number of hydrogen-bond donors (Lipinski definition) is 1. The summed E-state index contributed by atoms with van der Waals surface area (Å²) in [6.07, 6.45) is 10.7. The molecule has 3 rings (SSSR count). The lowest BCUT2D eigenvalue weighted by molar-refractivity contribution is 0.149. The van der Waals surface area contributed by atoms with Gasteiger partial charge in [-0.3, -0.25) is 4.68 Å². The topological polar surface area (TPSA) is 33.1 Å². The van der Waals surface area contributed by atoms with Gasteiger partial charge in [0.15, 0.2) is 0 Å². The zero-order chi connectivity index (χ0) is 12.5. The van der Waals surface area contributed by atoms with Crippen molar-refractivity contribution in [3.8, 4) is 0 Å². The van der Waals surface area contributed by atoms with Gasteiger partial charge in [0.25, 0.3) is 0 Å². The Morgan fingerprint density at radius 1 is 1.28 bits per heavy atom. The number of aryl methyl sites for hydroxylation is 1. The highest BCUT2D eigenvalue weighted by Gasteiger charge is 2.37. The van der Waals surface area contributed by atoms with Crippen LogP contribution >= 0.6 is 0 Å². The minimum atomic E-state index is 0.732. The summed E-state index contributed by atoms with van der Waals surface area (Å²) < 4.78 is 1.88. The van der Waals surface area contributed by atoms with Crippen LogP contribution < -0.4 is 5.32 Å². The first kappa shape index (κ1) is 12.2. The Morgan fingerprint density at radius 3 is 2.61 bits per heavy atom. The SMILES string of the molecule is CN1C2CCC1CC(NCCc1cnn(C)c1)C2. The fourth-order valence-electron chi connectivity index (χ4n) is 3.60. The van der Waals surface area contributed by atoms with Crippen molar-refractivity contribution in [2.75, 3.05) is 13.6 Å². The maximum atomic E-state index is 4.21. The van der Waals surface area contributed by atoms with Gasteiger partial charge in [-0.2, -0.15) is 5.10 Å². The number of fused-ring (bicyclic) bond motifs is 2. The van der Waals surface area contributed by atoms with Crippen LogP contribution in [0.25, 0.3) is 0 Å². The molecule has 2 atom stereocenters. The second-order valence-electron chi connectivity index (χ2n) is 5.95. The van der Waals surface area contributed by atoms with Gasteiger partial charge in [0.2, 0.25) is 0 Å². The van der Waals surface area contributed by atoms with Crippen molar-refractivity contribution in [2.45, 2.75) is 50.2 Å². The minimum absolute atomic E-state index is 0.732. The molecule has 0 radical (unpaired) electrons. The standard InChI is InChI=1S/C14H24N4/c1-17-10-11(9-16-17)5-6-15-12-7-13-3-4-14(8-12)18(13)2/h9-10,12-15H,3-8H2,1-2H3. The van der Waals surface area contributed by atoms with Gasteiger partial charge in [0, 0.05) is 31.4 Å². The Labute approximate surface area is 109 Å². The van der Waals surface area contributed by atoms with E-state index in [2.05, 4.69) is 28.6 Å². The molecule has 2 bridgehead atoms.